The molecule has 0 fully saturated rings. The Kier molecular flexibility index (Phi) is 2.87. The van der Waals surface area contributed by atoms with Crippen LogP contribution in [0.5, 0.6) is 0 Å². The van der Waals surface area contributed by atoms with Crippen LogP contribution in [0.3, 0.4) is 0 Å². The summed E-state index contributed by atoms with van der Waals surface area (Å²) >= 11 is 0. The van der Waals surface area contributed by atoms with Crippen LogP contribution in [-0.4, -0.2) is 16.5 Å². The summed E-state index contributed by atoms with van der Waals surface area (Å²) in [7, 11) is 0. The summed E-state index contributed by atoms with van der Waals surface area (Å²) in [6.07, 6.45) is 3.15. The molecule has 2 rings (SSSR count). The molecule has 0 radical (unpaired) electrons. The van der Waals surface area contributed by atoms with Crippen molar-refractivity contribution in [3.8, 4) is 0 Å². The van der Waals surface area contributed by atoms with Crippen molar-refractivity contribution >= 4 is 10.9 Å². The molecule has 4 heteroatoms. The summed E-state index contributed by atoms with van der Waals surface area (Å²) in [6, 6.07) is 4.57. The molecule has 2 N–H and O–H groups in total. The summed E-state index contributed by atoms with van der Waals surface area (Å²) in [4.78, 5) is 8.21. The molecule has 1 heterocycles. The smallest absolute Gasteiger partial charge is 0.125 e. The summed E-state index contributed by atoms with van der Waals surface area (Å²) < 4.78 is 12.9. The Morgan fingerprint density at radius 2 is 2.13 bits per heavy atom. The minimum Gasteiger partial charge on any atom is -0.330 e. The maximum absolute atomic E-state index is 12.9. The maximum atomic E-state index is 12.9. The van der Waals surface area contributed by atoms with E-state index in [0.717, 1.165) is 23.9 Å². The molecule has 0 amide bonds. The predicted molar refractivity (Wildman–Crippen MR) is 56.9 cm³/mol. The molecule has 2 aromatic rings. The number of fused-ring (bicyclic) bond motifs is 1. The van der Waals surface area contributed by atoms with Gasteiger partial charge in [0.05, 0.1) is 11.2 Å². The van der Waals surface area contributed by atoms with Crippen molar-refractivity contribution in [1.29, 1.82) is 0 Å². The van der Waals surface area contributed by atoms with Gasteiger partial charge in [-0.05, 0) is 31.5 Å². The van der Waals surface area contributed by atoms with Gasteiger partial charge in [-0.3, -0.25) is 0 Å². The van der Waals surface area contributed by atoms with E-state index in [1.807, 2.05) is 0 Å². The topological polar surface area (TPSA) is 51.8 Å². The van der Waals surface area contributed by atoms with E-state index < -0.39 is 0 Å². The highest BCUT2D eigenvalue weighted by Crippen LogP contribution is 2.16. The van der Waals surface area contributed by atoms with Gasteiger partial charge >= 0.3 is 0 Å². The molecular weight excluding hydrogens is 193 g/mol. The lowest BCUT2D eigenvalue weighted by atomic mass is 10.1. The Hall–Kier alpha value is -1.55. The van der Waals surface area contributed by atoms with Crippen molar-refractivity contribution in [2.45, 2.75) is 12.8 Å². The monoisotopic (exact) mass is 205 g/mol. The fraction of sp³-hybridized carbons (Fsp3) is 0.273. The van der Waals surface area contributed by atoms with Crippen LogP contribution < -0.4 is 5.73 Å². The van der Waals surface area contributed by atoms with Crippen molar-refractivity contribution < 1.29 is 4.39 Å². The average Bonchev–Trinajstić information content (AvgIpc) is 2.25. The van der Waals surface area contributed by atoms with E-state index in [4.69, 9.17) is 5.73 Å². The quantitative estimate of drug-likeness (QED) is 0.829. The number of rotatable bonds is 3. The fourth-order valence-corrected chi connectivity index (χ4v) is 1.55. The maximum Gasteiger partial charge on any atom is 0.125 e. The van der Waals surface area contributed by atoms with Crippen molar-refractivity contribution in [3.05, 3.63) is 36.0 Å². The number of benzene rings is 1. The van der Waals surface area contributed by atoms with Crippen molar-refractivity contribution in [2.75, 3.05) is 6.54 Å². The van der Waals surface area contributed by atoms with Crippen molar-refractivity contribution in [2.24, 2.45) is 5.73 Å². The molecule has 0 saturated heterocycles. The zero-order valence-corrected chi connectivity index (χ0v) is 8.28. The Balaban J connectivity index is 2.46. The molecule has 0 spiro atoms. The average molecular weight is 205 g/mol. The Labute approximate surface area is 87.2 Å². The van der Waals surface area contributed by atoms with Gasteiger partial charge in [-0.2, -0.15) is 0 Å². The van der Waals surface area contributed by atoms with Gasteiger partial charge in [0.15, 0.2) is 0 Å². The van der Waals surface area contributed by atoms with Gasteiger partial charge in [0.2, 0.25) is 0 Å². The Bertz CT molecular complexity index is 470. The number of aromatic nitrogens is 2. The summed E-state index contributed by atoms with van der Waals surface area (Å²) in [5.74, 6) is -0.272. The first-order valence-electron chi connectivity index (χ1n) is 4.90. The van der Waals surface area contributed by atoms with Crippen LogP contribution in [0, 0.1) is 5.82 Å². The number of hydrogen-bond donors (Lipinski definition) is 1. The molecular formula is C11H12FN3. The summed E-state index contributed by atoms with van der Waals surface area (Å²) in [5.41, 5.74) is 7.03. The second kappa shape index (κ2) is 4.31. The molecule has 0 unspecified atom stereocenters. The number of hydrogen-bond acceptors (Lipinski definition) is 3. The zero-order chi connectivity index (χ0) is 10.7. The predicted octanol–water partition coefficient (Wildman–Crippen LogP) is 1.66. The van der Waals surface area contributed by atoms with E-state index >= 15 is 0 Å². The molecule has 0 aliphatic rings. The molecule has 0 bridgehead atoms. The van der Waals surface area contributed by atoms with Gasteiger partial charge in [0.25, 0.3) is 0 Å². The number of halogens is 1. The van der Waals surface area contributed by atoms with Crippen LogP contribution in [0.4, 0.5) is 4.39 Å². The van der Waals surface area contributed by atoms with Gasteiger partial charge in [-0.15, -0.1) is 0 Å². The Morgan fingerprint density at radius 3 is 2.93 bits per heavy atom. The second-order valence-electron chi connectivity index (χ2n) is 3.37. The first kappa shape index (κ1) is 9.98. The second-order valence-corrected chi connectivity index (χ2v) is 3.37. The van der Waals surface area contributed by atoms with Gasteiger partial charge in [0.1, 0.15) is 12.1 Å². The van der Waals surface area contributed by atoms with Crippen molar-refractivity contribution in [1.82, 2.24) is 9.97 Å². The SMILES string of the molecule is NCCCc1ncnc2cc(F)ccc12. The highest BCUT2D eigenvalue weighted by atomic mass is 19.1. The van der Waals surface area contributed by atoms with Crippen LogP contribution in [0.2, 0.25) is 0 Å². The van der Waals surface area contributed by atoms with Crippen LogP contribution in [0.25, 0.3) is 10.9 Å². The number of aryl methyl sites for hydroxylation is 1. The highest BCUT2D eigenvalue weighted by molar-refractivity contribution is 5.80. The molecule has 0 saturated carbocycles. The van der Waals surface area contributed by atoms with Crippen molar-refractivity contribution in [3.63, 3.8) is 0 Å². The molecule has 0 aliphatic heterocycles. The number of nitrogens with two attached hydrogens (primary N) is 1. The van der Waals surface area contributed by atoms with Gasteiger partial charge < -0.3 is 5.73 Å². The van der Waals surface area contributed by atoms with E-state index in [2.05, 4.69) is 9.97 Å². The zero-order valence-electron chi connectivity index (χ0n) is 8.28. The number of nitrogens with zero attached hydrogens (tertiary/aromatic N) is 2. The lowest BCUT2D eigenvalue weighted by molar-refractivity contribution is 0.629. The molecule has 0 aliphatic carbocycles. The highest BCUT2D eigenvalue weighted by Gasteiger charge is 2.03. The third kappa shape index (κ3) is 2.10. The minimum atomic E-state index is -0.272. The third-order valence-electron chi connectivity index (χ3n) is 2.30. The molecule has 15 heavy (non-hydrogen) atoms. The molecule has 0 atom stereocenters. The van der Waals surface area contributed by atoms with Crippen LogP contribution in [0.1, 0.15) is 12.1 Å². The minimum absolute atomic E-state index is 0.272. The summed E-state index contributed by atoms with van der Waals surface area (Å²) in [5, 5.41) is 0.910. The van der Waals surface area contributed by atoms with E-state index in [1.54, 1.807) is 6.07 Å². The lowest BCUT2D eigenvalue weighted by Crippen LogP contribution is -2.02. The first-order chi connectivity index (χ1) is 7.31. The normalized spacial score (nSPS) is 10.8. The van der Waals surface area contributed by atoms with Gasteiger partial charge in [-0.1, -0.05) is 0 Å². The largest absolute Gasteiger partial charge is 0.330 e. The van der Waals surface area contributed by atoms with Crippen LogP contribution in [-0.2, 0) is 6.42 Å². The summed E-state index contributed by atoms with van der Waals surface area (Å²) in [6.45, 7) is 0.632. The van der Waals surface area contributed by atoms with E-state index in [0.29, 0.717) is 12.1 Å². The molecule has 78 valence electrons. The van der Waals surface area contributed by atoms with Gasteiger partial charge in [0, 0.05) is 11.5 Å². The van der Waals surface area contributed by atoms with E-state index in [-0.39, 0.29) is 5.82 Å². The lowest BCUT2D eigenvalue weighted by Gasteiger charge is -2.03. The van der Waals surface area contributed by atoms with E-state index in [1.165, 1.54) is 18.5 Å². The standard InChI is InChI=1S/C11H12FN3/c12-8-3-4-9-10(2-1-5-13)14-7-15-11(9)6-8/h3-4,6-7H,1-2,5,13H2. The molecule has 1 aromatic carbocycles. The fourth-order valence-electron chi connectivity index (χ4n) is 1.55. The van der Waals surface area contributed by atoms with Crippen LogP contribution >= 0.6 is 0 Å². The van der Waals surface area contributed by atoms with Gasteiger partial charge in [-0.25, -0.2) is 14.4 Å². The molecule has 3 nitrogen and oxygen atoms in total. The molecule has 1 aromatic heterocycles. The van der Waals surface area contributed by atoms with Crippen LogP contribution in [0.15, 0.2) is 24.5 Å². The third-order valence-corrected chi connectivity index (χ3v) is 2.30. The Morgan fingerprint density at radius 1 is 1.27 bits per heavy atom. The van der Waals surface area contributed by atoms with E-state index in [9.17, 15) is 4.39 Å². The first-order valence-corrected chi connectivity index (χ1v) is 4.90.